The Morgan fingerprint density at radius 1 is 1.23 bits per heavy atom. The average molecular weight is 323 g/mol. The van der Waals surface area contributed by atoms with Crippen LogP contribution in [-0.2, 0) is 19.1 Å². The Hall–Kier alpha value is -1.30. The second-order valence-corrected chi connectivity index (χ2v) is 5.11. The predicted molar refractivity (Wildman–Crippen MR) is 69.6 cm³/mol. The number of carboxylic acids is 1. The molecule has 0 aliphatic carbocycles. The summed E-state index contributed by atoms with van der Waals surface area (Å²) in [7, 11) is 0. The number of aliphatic carboxylic acids is 1. The minimum absolute atomic E-state index is 0.509. The molecule has 0 aromatic rings. The zero-order valence-corrected chi connectivity index (χ0v) is 12.1. The van der Waals surface area contributed by atoms with Gasteiger partial charge in [-0.3, -0.25) is 4.79 Å². The summed E-state index contributed by atoms with van der Waals surface area (Å²) in [6.07, 6.45) is -8.99. The highest BCUT2D eigenvalue weighted by atomic mass is 16.7. The Morgan fingerprint density at radius 3 is 2.27 bits per heavy atom. The van der Waals surface area contributed by atoms with Gasteiger partial charge in [-0.25, -0.2) is 4.79 Å². The fourth-order valence-electron chi connectivity index (χ4n) is 2.17. The summed E-state index contributed by atoms with van der Waals surface area (Å²) in [6, 6.07) is -1.09. The molecule has 1 aliphatic rings. The smallest absolute Gasteiger partial charge is 0.329 e. The molecule has 10 heteroatoms. The van der Waals surface area contributed by atoms with Gasteiger partial charge in [-0.1, -0.05) is 0 Å². The van der Waals surface area contributed by atoms with Crippen molar-refractivity contribution in [2.45, 2.75) is 56.7 Å². The molecule has 0 unspecified atom stereocenters. The second-order valence-electron chi connectivity index (χ2n) is 5.11. The summed E-state index contributed by atoms with van der Waals surface area (Å²) in [5.74, 6) is -1.83. The summed E-state index contributed by atoms with van der Waals surface area (Å²) in [6.45, 7) is 1.73. The first-order valence-corrected chi connectivity index (χ1v) is 6.63. The van der Waals surface area contributed by atoms with E-state index in [0.29, 0.717) is 0 Å². The van der Waals surface area contributed by atoms with Crippen LogP contribution in [0, 0.1) is 0 Å². The number of carbonyl (C=O) groups excluding carboxylic acids is 1. The number of ether oxygens (including phenoxy) is 2. The van der Waals surface area contributed by atoms with Gasteiger partial charge in [0.15, 0.2) is 6.29 Å². The van der Waals surface area contributed by atoms with E-state index in [1.54, 1.807) is 0 Å². The van der Waals surface area contributed by atoms with E-state index in [4.69, 9.17) is 14.6 Å². The molecule has 1 heterocycles. The van der Waals surface area contributed by atoms with Crippen molar-refractivity contribution in [1.29, 1.82) is 0 Å². The fraction of sp³-hybridized carbons (Fsp3) is 0.833. The van der Waals surface area contributed by atoms with Gasteiger partial charge in [0.25, 0.3) is 0 Å². The number of carboxylic acid groups (broad SMARTS) is 1. The summed E-state index contributed by atoms with van der Waals surface area (Å²) in [5.41, 5.74) is 0. The van der Waals surface area contributed by atoms with E-state index >= 15 is 0 Å². The van der Waals surface area contributed by atoms with E-state index in [1.165, 1.54) is 13.8 Å². The average Bonchev–Trinajstić information content (AvgIpc) is 2.41. The van der Waals surface area contributed by atoms with Crippen molar-refractivity contribution < 1.29 is 44.6 Å². The third kappa shape index (κ3) is 4.60. The van der Waals surface area contributed by atoms with E-state index in [-0.39, 0.29) is 0 Å². The van der Waals surface area contributed by atoms with Gasteiger partial charge >= 0.3 is 5.97 Å². The lowest BCUT2D eigenvalue weighted by Crippen LogP contribution is -2.65. The molecular weight excluding hydrogens is 302 g/mol. The van der Waals surface area contributed by atoms with Crippen molar-refractivity contribution in [2.24, 2.45) is 0 Å². The van der Waals surface area contributed by atoms with Crippen molar-refractivity contribution in [2.75, 3.05) is 6.61 Å². The molecule has 0 saturated carbocycles. The number of nitrogens with one attached hydrogen (secondary N) is 1. The fourth-order valence-corrected chi connectivity index (χ4v) is 2.17. The minimum Gasteiger partial charge on any atom is -0.480 e. The second kappa shape index (κ2) is 7.81. The number of hydrogen-bond acceptors (Lipinski definition) is 8. The lowest BCUT2D eigenvalue weighted by Gasteiger charge is -2.43. The van der Waals surface area contributed by atoms with Gasteiger partial charge in [0.2, 0.25) is 5.91 Å². The number of carbonyl (C=O) groups is 2. The van der Waals surface area contributed by atoms with Gasteiger partial charge in [0.1, 0.15) is 31.0 Å². The van der Waals surface area contributed by atoms with E-state index < -0.39 is 61.3 Å². The largest absolute Gasteiger partial charge is 0.480 e. The Morgan fingerprint density at radius 2 is 1.82 bits per heavy atom. The van der Waals surface area contributed by atoms with Crippen LogP contribution in [0.5, 0.6) is 0 Å². The van der Waals surface area contributed by atoms with E-state index in [9.17, 15) is 30.0 Å². The maximum absolute atomic E-state index is 11.2. The van der Waals surface area contributed by atoms with Crippen molar-refractivity contribution in [1.82, 2.24) is 5.32 Å². The van der Waals surface area contributed by atoms with Crippen LogP contribution in [0.4, 0.5) is 0 Å². The predicted octanol–water partition coefficient (Wildman–Crippen LogP) is -3.22. The van der Waals surface area contributed by atoms with E-state index in [2.05, 4.69) is 5.32 Å². The summed E-state index contributed by atoms with van der Waals surface area (Å²) in [5, 5.41) is 50.1. The molecule has 10 nitrogen and oxygen atoms in total. The normalized spacial score (nSPS) is 34.7. The van der Waals surface area contributed by atoms with Crippen molar-refractivity contribution >= 4 is 11.9 Å². The van der Waals surface area contributed by atoms with Gasteiger partial charge in [0.05, 0.1) is 12.1 Å². The van der Waals surface area contributed by atoms with Crippen LogP contribution in [0.15, 0.2) is 0 Å². The maximum atomic E-state index is 11.2. The first kappa shape index (κ1) is 18.7. The quantitative estimate of drug-likeness (QED) is 0.295. The van der Waals surface area contributed by atoms with Crippen molar-refractivity contribution in [3.8, 4) is 0 Å². The topological polar surface area (TPSA) is 166 Å². The Balaban J connectivity index is 2.91. The molecule has 0 spiro atoms. The monoisotopic (exact) mass is 323 g/mol. The molecular formula is C12H21NO9. The third-order valence-corrected chi connectivity index (χ3v) is 3.22. The lowest BCUT2D eigenvalue weighted by atomic mass is 9.91. The molecule has 1 aliphatic heterocycles. The van der Waals surface area contributed by atoms with Crippen LogP contribution in [0.3, 0.4) is 0 Å². The van der Waals surface area contributed by atoms with Crippen LogP contribution in [0.25, 0.3) is 0 Å². The molecule has 128 valence electrons. The Kier molecular flexibility index (Phi) is 6.66. The number of amides is 1. The Labute approximate surface area is 126 Å². The molecule has 0 aromatic heterocycles. The maximum Gasteiger partial charge on any atom is 0.329 e. The number of aliphatic hydroxyl groups is 4. The molecule has 1 amide bonds. The molecule has 1 fully saturated rings. The molecule has 1 rings (SSSR count). The van der Waals surface area contributed by atoms with Gasteiger partial charge in [-0.05, 0) is 6.92 Å². The number of hydrogen-bond donors (Lipinski definition) is 6. The van der Waals surface area contributed by atoms with Crippen LogP contribution >= 0.6 is 0 Å². The van der Waals surface area contributed by atoms with Gasteiger partial charge < -0.3 is 40.3 Å². The van der Waals surface area contributed by atoms with Crippen LogP contribution in [-0.4, -0.2) is 86.9 Å². The number of aliphatic hydroxyl groups excluding tert-OH is 4. The van der Waals surface area contributed by atoms with E-state index in [0.717, 1.165) is 0 Å². The molecule has 0 aromatic carbocycles. The summed E-state index contributed by atoms with van der Waals surface area (Å²) in [4.78, 5) is 21.7. The van der Waals surface area contributed by atoms with E-state index in [1.807, 2.05) is 0 Å². The zero-order valence-electron chi connectivity index (χ0n) is 12.1. The molecule has 6 N–H and O–H groups in total. The summed E-state index contributed by atoms with van der Waals surface area (Å²) >= 11 is 0. The van der Waals surface area contributed by atoms with Crippen LogP contribution in [0.2, 0.25) is 0 Å². The highest BCUT2D eigenvalue weighted by Gasteiger charge is 2.48. The zero-order chi connectivity index (χ0) is 17.0. The van der Waals surface area contributed by atoms with Crippen LogP contribution in [0.1, 0.15) is 13.8 Å². The molecule has 0 radical (unpaired) electrons. The van der Waals surface area contributed by atoms with Crippen LogP contribution < -0.4 is 5.32 Å². The van der Waals surface area contributed by atoms with Crippen molar-refractivity contribution in [3.63, 3.8) is 0 Å². The van der Waals surface area contributed by atoms with Gasteiger partial charge in [-0.2, -0.15) is 0 Å². The SMILES string of the molecule is CC(=O)N[C@@H]([C@H]1O[C@@H](OCC(=O)O)[C@H](O)[C@@H](O)[C@H]1O)[C@@H](C)O. The number of rotatable bonds is 6. The minimum atomic E-state index is -1.70. The third-order valence-electron chi connectivity index (χ3n) is 3.22. The lowest BCUT2D eigenvalue weighted by molar-refractivity contribution is -0.302. The molecule has 0 bridgehead atoms. The Bertz CT molecular complexity index is 402. The summed E-state index contributed by atoms with van der Waals surface area (Å²) < 4.78 is 10.0. The van der Waals surface area contributed by atoms with Gasteiger partial charge in [0, 0.05) is 6.92 Å². The van der Waals surface area contributed by atoms with Gasteiger partial charge in [-0.15, -0.1) is 0 Å². The van der Waals surface area contributed by atoms with Crippen molar-refractivity contribution in [3.05, 3.63) is 0 Å². The first-order valence-electron chi connectivity index (χ1n) is 6.63. The molecule has 1 saturated heterocycles. The molecule has 7 atom stereocenters. The standard InChI is InChI=1S/C12H21NO9/c1-4(14)7(13-5(2)15)11-9(19)8(18)10(20)12(22-11)21-3-6(16)17/h4,7-12,14,18-20H,3H2,1-2H3,(H,13,15)(H,16,17)/t4-,7-,8+,9-,10-,11-,12-/m1/s1. The highest BCUT2D eigenvalue weighted by Crippen LogP contribution is 2.25. The first-order chi connectivity index (χ1) is 10.1. The highest BCUT2D eigenvalue weighted by molar-refractivity contribution is 5.73. The molecule has 22 heavy (non-hydrogen) atoms.